The molecule has 1 aromatic rings. The van der Waals surface area contributed by atoms with Crippen LogP contribution in [0.15, 0.2) is 58.4 Å². The molecule has 0 saturated carbocycles. The van der Waals surface area contributed by atoms with Crippen molar-refractivity contribution in [3.63, 3.8) is 0 Å². The van der Waals surface area contributed by atoms with Gasteiger partial charge in [-0.1, -0.05) is 56.0 Å². The number of para-hydroxylation sites is 2. The van der Waals surface area contributed by atoms with Gasteiger partial charge in [0, 0.05) is 19.7 Å². The van der Waals surface area contributed by atoms with Crippen molar-refractivity contribution in [1.29, 1.82) is 0 Å². The lowest BCUT2D eigenvalue weighted by molar-refractivity contribution is -0.122. The summed E-state index contributed by atoms with van der Waals surface area (Å²) < 4.78 is 6.71. The second kappa shape index (κ2) is 7.08. The van der Waals surface area contributed by atoms with Crippen molar-refractivity contribution >= 4 is 39.9 Å². The van der Waals surface area contributed by atoms with Crippen molar-refractivity contribution in [2.45, 2.75) is 33.6 Å². The number of amides is 1. The highest BCUT2D eigenvalue weighted by Gasteiger charge is 2.36. The summed E-state index contributed by atoms with van der Waals surface area (Å²) in [5.74, 6) is 1.72. The second-order valence-corrected chi connectivity index (χ2v) is 9.76. The molecule has 6 heteroatoms. The number of rotatable bonds is 2. The second-order valence-electron chi connectivity index (χ2n) is 8.12. The van der Waals surface area contributed by atoms with Crippen molar-refractivity contribution in [2.24, 2.45) is 5.41 Å². The Morgan fingerprint density at radius 2 is 2.04 bits per heavy atom. The number of benzene rings is 1. The smallest absolute Gasteiger partial charge is 0.266 e. The highest BCUT2D eigenvalue weighted by atomic mass is 32.2. The average molecular weight is 413 g/mol. The van der Waals surface area contributed by atoms with E-state index in [-0.39, 0.29) is 11.3 Å². The van der Waals surface area contributed by atoms with Crippen LogP contribution in [0, 0.1) is 5.41 Å². The molecule has 0 aromatic heterocycles. The highest BCUT2D eigenvalue weighted by Crippen LogP contribution is 2.45. The summed E-state index contributed by atoms with van der Waals surface area (Å²) in [6, 6.07) is 8.02. The molecule has 1 fully saturated rings. The normalized spacial score (nSPS) is 25.3. The maximum atomic E-state index is 12.8. The Balaban J connectivity index is 1.71. The largest absolute Gasteiger partial charge is 0.439 e. The number of carbonyl (C=O) groups excluding carboxylic acids is 1. The van der Waals surface area contributed by atoms with Crippen LogP contribution in [0.25, 0.3) is 0 Å². The van der Waals surface area contributed by atoms with Gasteiger partial charge in [0.05, 0.1) is 10.6 Å². The standard InChI is InChI=1S/C22H24N2O2S2/c1-5-24-20(25)19(28-21(24)27)15-10-14(12-22(2,3)13-15)11-18-23(4)16-8-6-7-9-17(16)26-18/h6-11H,5,12-13H2,1-4H3/b18-11-,19-15+. The van der Waals surface area contributed by atoms with Gasteiger partial charge in [-0.05, 0) is 48.5 Å². The summed E-state index contributed by atoms with van der Waals surface area (Å²) in [7, 11) is 2.01. The molecule has 28 heavy (non-hydrogen) atoms. The van der Waals surface area contributed by atoms with Gasteiger partial charge in [0.25, 0.3) is 5.91 Å². The molecular formula is C22H24N2O2S2. The van der Waals surface area contributed by atoms with Gasteiger partial charge in [0.1, 0.15) is 4.32 Å². The lowest BCUT2D eigenvalue weighted by atomic mass is 9.75. The predicted octanol–water partition coefficient (Wildman–Crippen LogP) is 5.24. The molecule has 0 spiro atoms. The van der Waals surface area contributed by atoms with E-state index in [2.05, 4.69) is 37.0 Å². The van der Waals surface area contributed by atoms with Gasteiger partial charge < -0.3 is 9.64 Å². The monoisotopic (exact) mass is 412 g/mol. The molecular weight excluding hydrogens is 388 g/mol. The van der Waals surface area contributed by atoms with E-state index in [4.69, 9.17) is 17.0 Å². The van der Waals surface area contributed by atoms with E-state index < -0.39 is 0 Å². The minimum atomic E-state index is 0.0371. The highest BCUT2D eigenvalue weighted by molar-refractivity contribution is 8.26. The van der Waals surface area contributed by atoms with Crippen LogP contribution in [0.2, 0.25) is 0 Å². The number of thioether (sulfide) groups is 1. The van der Waals surface area contributed by atoms with Crippen molar-refractivity contribution in [1.82, 2.24) is 4.90 Å². The summed E-state index contributed by atoms with van der Waals surface area (Å²) in [5, 5.41) is 0. The van der Waals surface area contributed by atoms with E-state index in [0.717, 1.165) is 40.6 Å². The molecule has 2 heterocycles. The van der Waals surface area contributed by atoms with Gasteiger partial charge in [-0.2, -0.15) is 0 Å². The summed E-state index contributed by atoms with van der Waals surface area (Å²) in [6.45, 7) is 7.06. The molecule has 3 aliphatic rings. The minimum absolute atomic E-state index is 0.0371. The molecule has 146 valence electrons. The maximum Gasteiger partial charge on any atom is 0.266 e. The molecule has 0 bridgehead atoms. The summed E-state index contributed by atoms with van der Waals surface area (Å²) >= 11 is 6.82. The van der Waals surface area contributed by atoms with Gasteiger partial charge in [0.15, 0.2) is 5.75 Å². The fourth-order valence-corrected chi connectivity index (χ4v) is 5.39. The Hall–Kier alpha value is -2.05. The first-order chi connectivity index (χ1) is 13.3. The number of fused-ring (bicyclic) bond motifs is 1. The molecule has 1 saturated heterocycles. The molecule has 1 aromatic carbocycles. The number of nitrogens with zero attached hydrogens (tertiary/aromatic N) is 2. The molecule has 4 rings (SSSR count). The average Bonchev–Trinajstić information content (AvgIpc) is 3.10. The van der Waals surface area contributed by atoms with Gasteiger partial charge in [-0.25, -0.2) is 0 Å². The first kappa shape index (κ1) is 19.3. The van der Waals surface area contributed by atoms with Crippen LogP contribution in [0.5, 0.6) is 5.75 Å². The van der Waals surface area contributed by atoms with E-state index in [1.807, 2.05) is 32.2 Å². The number of hydrogen-bond acceptors (Lipinski definition) is 5. The summed E-state index contributed by atoms with van der Waals surface area (Å²) in [6.07, 6.45) is 6.05. The van der Waals surface area contributed by atoms with Crippen LogP contribution in [-0.2, 0) is 4.79 Å². The van der Waals surface area contributed by atoms with Crippen molar-refractivity contribution < 1.29 is 9.53 Å². The lowest BCUT2D eigenvalue weighted by Crippen LogP contribution is -2.28. The van der Waals surface area contributed by atoms with Crippen molar-refractivity contribution in [3.8, 4) is 5.75 Å². The van der Waals surface area contributed by atoms with E-state index >= 15 is 0 Å². The number of thiocarbonyl (C=S) groups is 1. The van der Waals surface area contributed by atoms with Crippen LogP contribution < -0.4 is 9.64 Å². The molecule has 0 unspecified atom stereocenters. The molecule has 1 aliphatic carbocycles. The van der Waals surface area contributed by atoms with E-state index in [0.29, 0.717) is 10.9 Å². The Labute approximate surface area is 175 Å². The molecule has 4 nitrogen and oxygen atoms in total. The molecule has 2 aliphatic heterocycles. The third-order valence-corrected chi connectivity index (χ3v) is 6.76. The first-order valence-electron chi connectivity index (χ1n) is 9.49. The van der Waals surface area contributed by atoms with Crippen LogP contribution in [-0.4, -0.2) is 28.7 Å². The van der Waals surface area contributed by atoms with E-state index in [9.17, 15) is 4.79 Å². The molecule has 1 amide bonds. The number of likely N-dealkylation sites (N-methyl/N-ethyl adjacent to an activating group) is 1. The minimum Gasteiger partial charge on any atom is -0.439 e. The van der Waals surface area contributed by atoms with Gasteiger partial charge in [-0.15, -0.1) is 0 Å². The lowest BCUT2D eigenvalue weighted by Gasteiger charge is -2.31. The zero-order chi connectivity index (χ0) is 20.1. The number of ether oxygens (including phenoxy) is 1. The quantitative estimate of drug-likeness (QED) is 0.490. The number of anilines is 1. The predicted molar refractivity (Wildman–Crippen MR) is 119 cm³/mol. The zero-order valence-electron chi connectivity index (χ0n) is 16.6. The molecule has 0 radical (unpaired) electrons. The summed E-state index contributed by atoms with van der Waals surface area (Å²) in [4.78, 5) is 17.3. The van der Waals surface area contributed by atoms with Crippen molar-refractivity contribution in [2.75, 3.05) is 18.5 Å². The van der Waals surface area contributed by atoms with Crippen LogP contribution in [0.3, 0.4) is 0 Å². The topological polar surface area (TPSA) is 32.8 Å². The van der Waals surface area contributed by atoms with Crippen LogP contribution in [0.1, 0.15) is 33.6 Å². The Bertz CT molecular complexity index is 959. The van der Waals surface area contributed by atoms with Crippen molar-refractivity contribution in [3.05, 3.63) is 58.4 Å². The maximum absolute atomic E-state index is 12.8. The van der Waals surface area contributed by atoms with E-state index in [1.165, 1.54) is 17.3 Å². The van der Waals surface area contributed by atoms with Gasteiger partial charge in [0.2, 0.25) is 5.88 Å². The number of carbonyl (C=O) groups is 1. The van der Waals surface area contributed by atoms with Gasteiger partial charge >= 0.3 is 0 Å². The Kier molecular flexibility index (Phi) is 4.88. The fraction of sp³-hybridized carbons (Fsp3) is 0.364. The molecule has 0 atom stereocenters. The summed E-state index contributed by atoms with van der Waals surface area (Å²) in [5.41, 5.74) is 3.38. The third-order valence-electron chi connectivity index (χ3n) is 5.25. The third kappa shape index (κ3) is 3.40. The number of allylic oxidation sites excluding steroid dienone is 4. The Morgan fingerprint density at radius 1 is 1.29 bits per heavy atom. The van der Waals surface area contributed by atoms with E-state index in [1.54, 1.807) is 4.90 Å². The Morgan fingerprint density at radius 3 is 2.71 bits per heavy atom. The fourth-order valence-electron chi connectivity index (χ4n) is 3.97. The number of hydrogen-bond donors (Lipinski definition) is 0. The molecule has 0 N–H and O–H groups in total. The SMILES string of the molecule is CCN1C(=O)/C(=C2C=C(/C=C3\Oc4ccccc4N3C)CC(C)(C)C/2)SC1=S. The first-order valence-corrected chi connectivity index (χ1v) is 10.7. The van der Waals surface area contributed by atoms with Crippen LogP contribution in [0.4, 0.5) is 5.69 Å². The van der Waals surface area contributed by atoms with Crippen LogP contribution >= 0.6 is 24.0 Å². The zero-order valence-corrected chi connectivity index (χ0v) is 18.2. The van der Waals surface area contributed by atoms with Gasteiger partial charge in [-0.3, -0.25) is 9.69 Å².